The van der Waals surface area contributed by atoms with Gasteiger partial charge in [-0.25, -0.2) is 4.99 Å². The molecule has 2 unspecified atom stereocenters. The van der Waals surface area contributed by atoms with Crippen LogP contribution >= 0.6 is 0 Å². The first-order valence-electron chi connectivity index (χ1n) is 12.4. The van der Waals surface area contributed by atoms with Crippen molar-refractivity contribution < 1.29 is 9.59 Å². The summed E-state index contributed by atoms with van der Waals surface area (Å²) in [6.45, 7) is 1.39. The Balaban J connectivity index is 1.32. The summed E-state index contributed by atoms with van der Waals surface area (Å²) in [7, 11) is 1.70. The van der Waals surface area contributed by atoms with E-state index in [0.717, 1.165) is 62.0 Å². The number of amides is 2. The maximum absolute atomic E-state index is 14.0. The second-order valence-electron chi connectivity index (χ2n) is 11.3. The zero-order valence-corrected chi connectivity index (χ0v) is 19.0. The fraction of sp³-hybridized carbons (Fsp3) is 0.654. The maximum Gasteiger partial charge on any atom is 0.262 e. The van der Waals surface area contributed by atoms with Gasteiger partial charge in [0.15, 0.2) is 11.5 Å². The molecule has 0 aromatic heterocycles. The molecule has 4 saturated carbocycles. The van der Waals surface area contributed by atoms with Gasteiger partial charge in [-0.3, -0.25) is 14.5 Å². The molecule has 32 heavy (non-hydrogen) atoms. The molecule has 5 fully saturated rings. The molecule has 7 rings (SSSR count). The molecule has 2 heterocycles. The zero-order valence-electron chi connectivity index (χ0n) is 19.0. The lowest BCUT2D eigenvalue weighted by atomic mass is 9.49. The van der Waals surface area contributed by atoms with E-state index in [1.807, 2.05) is 30.3 Å². The summed E-state index contributed by atoms with van der Waals surface area (Å²) >= 11 is 0. The largest absolute Gasteiger partial charge is 0.369 e. The number of hydrogen-bond donors (Lipinski definition) is 1. The van der Waals surface area contributed by atoms with E-state index in [1.54, 1.807) is 7.05 Å². The van der Waals surface area contributed by atoms with Crippen LogP contribution in [0.1, 0.15) is 56.9 Å². The molecule has 2 N–H and O–H groups in total. The van der Waals surface area contributed by atoms with Gasteiger partial charge in [0, 0.05) is 26.1 Å². The van der Waals surface area contributed by atoms with E-state index >= 15 is 0 Å². The van der Waals surface area contributed by atoms with Gasteiger partial charge in [0.05, 0.1) is 5.41 Å². The van der Waals surface area contributed by atoms with Crippen molar-refractivity contribution in [2.45, 2.75) is 56.9 Å². The number of carbonyl (C=O) groups excluding carboxylic acids is 2. The molecule has 6 heteroatoms. The average molecular weight is 435 g/mol. The number of carbonyl (C=O) groups is 2. The summed E-state index contributed by atoms with van der Waals surface area (Å²) in [6.07, 6.45) is 9.02. The van der Waals surface area contributed by atoms with Gasteiger partial charge in [-0.1, -0.05) is 30.3 Å². The predicted octanol–water partition coefficient (Wildman–Crippen LogP) is 3.12. The molecule has 6 nitrogen and oxygen atoms in total. The summed E-state index contributed by atoms with van der Waals surface area (Å²) < 4.78 is 0. The zero-order chi connectivity index (χ0) is 22.1. The highest BCUT2D eigenvalue weighted by atomic mass is 16.2. The molecule has 4 bridgehead atoms. The van der Waals surface area contributed by atoms with Gasteiger partial charge in [-0.05, 0) is 74.7 Å². The van der Waals surface area contributed by atoms with Crippen LogP contribution in [0.15, 0.2) is 35.3 Å². The fourth-order valence-electron chi connectivity index (χ4n) is 8.26. The van der Waals surface area contributed by atoms with E-state index in [4.69, 9.17) is 10.7 Å². The van der Waals surface area contributed by atoms with Gasteiger partial charge >= 0.3 is 0 Å². The monoisotopic (exact) mass is 434 g/mol. The molecule has 1 aromatic carbocycles. The number of likely N-dealkylation sites (tertiary alicyclic amines) is 1. The highest BCUT2D eigenvalue weighted by Gasteiger charge is 2.58. The Morgan fingerprint density at radius 3 is 2.25 bits per heavy atom. The molecule has 170 valence electrons. The van der Waals surface area contributed by atoms with E-state index in [1.165, 1.54) is 24.2 Å². The number of likely N-dealkylation sites (N-methyl/N-ethyl adjacent to an activating group) is 1. The number of aliphatic imine (C=N–C) groups is 1. The molecular formula is C26H34N4O2. The first-order valence-corrected chi connectivity index (χ1v) is 12.4. The van der Waals surface area contributed by atoms with Crippen LogP contribution in [-0.2, 0) is 15.1 Å². The van der Waals surface area contributed by atoms with Gasteiger partial charge in [-0.2, -0.15) is 0 Å². The lowest BCUT2D eigenvalue weighted by Gasteiger charge is -2.57. The summed E-state index contributed by atoms with van der Waals surface area (Å²) in [5.41, 5.74) is 5.87. The van der Waals surface area contributed by atoms with E-state index < -0.39 is 5.54 Å². The highest BCUT2D eigenvalue weighted by molar-refractivity contribution is 6.07. The lowest BCUT2D eigenvalue weighted by Crippen LogP contribution is -2.58. The molecule has 0 radical (unpaired) electrons. The number of nitrogens with zero attached hydrogens (tertiary/aromatic N) is 3. The Morgan fingerprint density at radius 1 is 1.06 bits per heavy atom. The number of rotatable bonds is 3. The van der Waals surface area contributed by atoms with Crippen LogP contribution in [0.25, 0.3) is 0 Å². The molecule has 6 aliphatic rings. The van der Waals surface area contributed by atoms with E-state index in [9.17, 15) is 9.59 Å². The number of hydrogen-bond acceptors (Lipinski definition) is 4. The van der Waals surface area contributed by atoms with E-state index in [-0.39, 0.29) is 23.2 Å². The third kappa shape index (κ3) is 2.80. The Bertz CT molecular complexity index is 938. The van der Waals surface area contributed by atoms with E-state index in [2.05, 4.69) is 4.90 Å². The lowest BCUT2D eigenvalue weighted by molar-refractivity contribution is -0.160. The minimum absolute atomic E-state index is 0.0625. The Morgan fingerprint density at radius 2 is 1.69 bits per heavy atom. The van der Waals surface area contributed by atoms with Crippen molar-refractivity contribution in [1.29, 1.82) is 0 Å². The molecule has 2 atom stereocenters. The Kier molecular flexibility index (Phi) is 4.47. The molecule has 0 spiro atoms. The molecular weight excluding hydrogens is 400 g/mol. The first kappa shape index (κ1) is 20.3. The fourth-order valence-corrected chi connectivity index (χ4v) is 8.26. The highest BCUT2D eigenvalue weighted by Crippen LogP contribution is 2.60. The quantitative estimate of drug-likeness (QED) is 0.794. The van der Waals surface area contributed by atoms with Crippen LogP contribution in [0.2, 0.25) is 0 Å². The van der Waals surface area contributed by atoms with Crippen molar-refractivity contribution in [2.75, 3.05) is 20.1 Å². The van der Waals surface area contributed by atoms with Crippen molar-refractivity contribution >= 4 is 17.8 Å². The van der Waals surface area contributed by atoms with Crippen LogP contribution in [0.3, 0.4) is 0 Å². The average Bonchev–Trinajstić information content (AvgIpc) is 3.03. The van der Waals surface area contributed by atoms with Crippen molar-refractivity contribution in [3.8, 4) is 0 Å². The molecule has 4 aliphatic carbocycles. The molecule has 1 saturated heterocycles. The van der Waals surface area contributed by atoms with Crippen molar-refractivity contribution in [2.24, 2.45) is 39.8 Å². The molecule has 2 aliphatic heterocycles. The number of nitrogens with two attached hydrogens (primary N) is 1. The van der Waals surface area contributed by atoms with Crippen LogP contribution in [0.4, 0.5) is 0 Å². The van der Waals surface area contributed by atoms with Gasteiger partial charge in [0.1, 0.15) is 0 Å². The van der Waals surface area contributed by atoms with Crippen LogP contribution in [0.5, 0.6) is 0 Å². The van der Waals surface area contributed by atoms with Crippen molar-refractivity contribution in [3.05, 3.63) is 35.9 Å². The van der Waals surface area contributed by atoms with Crippen LogP contribution < -0.4 is 5.73 Å². The van der Waals surface area contributed by atoms with E-state index in [0.29, 0.717) is 12.5 Å². The second-order valence-corrected chi connectivity index (χ2v) is 11.3. The van der Waals surface area contributed by atoms with Crippen molar-refractivity contribution in [1.82, 2.24) is 9.80 Å². The third-order valence-corrected chi connectivity index (χ3v) is 9.27. The molecule has 1 aromatic rings. The van der Waals surface area contributed by atoms with Gasteiger partial charge in [-0.15, -0.1) is 0 Å². The minimum Gasteiger partial charge on any atom is -0.369 e. The van der Waals surface area contributed by atoms with Crippen LogP contribution in [-0.4, -0.2) is 47.7 Å². The summed E-state index contributed by atoms with van der Waals surface area (Å²) in [5.74, 6) is 2.73. The SMILES string of the molecule is CN1C(=O)C(c2ccccc2)(C2CCCN(C(=O)C34CC5CC(CC(C5)C3)C4)C2)N=C1N. The Hall–Kier alpha value is -2.37. The predicted molar refractivity (Wildman–Crippen MR) is 122 cm³/mol. The van der Waals surface area contributed by atoms with Gasteiger partial charge < -0.3 is 10.6 Å². The topological polar surface area (TPSA) is 79.0 Å². The minimum atomic E-state index is -1.03. The van der Waals surface area contributed by atoms with Crippen LogP contribution in [0, 0.1) is 29.1 Å². The van der Waals surface area contributed by atoms with Gasteiger partial charge in [0.2, 0.25) is 5.91 Å². The standard InChI is InChI=1S/C26H34N4O2/c1-29-23(32)26(28-24(29)27,20-6-3-2-4-7-20)21-8-5-9-30(16-21)22(31)25-13-17-10-18(14-25)12-19(11-17)15-25/h2-4,6-7,17-19,21H,5,8-16H2,1H3,(H2,27,28). The maximum atomic E-state index is 14.0. The third-order valence-electron chi connectivity index (χ3n) is 9.27. The van der Waals surface area contributed by atoms with Crippen molar-refractivity contribution in [3.63, 3.8) is 0 Å². The number of guanidine groups is 1. The van der Waals surface area contributed by atoms with Gasteiger partial charge in [0.25, 0.3) is 5.91 Å². The Labute approximate surface area is 190 Å². The normalized spacial score (nSPS) is 40.7. The summed E-state index contributed by atoms with van der Waals surface area (Å²) in [5, 5.41) is 0. The number of benzene rings is 1. The number of piperidine rings is 1. The second kappa shape index (κ2) is 7.06. The smallest absolute Gasteiger partial charge is 0.262 e. The molecule has 2 amide bonds. The first-order chi connectivity index (χ1) is 15.4. The summed E-state index contributed by atoms with van der Waals surface area (Å²) in [6, 6.07) is 9.82. The summed E-state index contributed by atoms with van der Waals surface area (Å²) in [4.78, 5) is 36.0.